The highest BCUT2D eigenvalue weighted by atomic mass is 15.3. The third kappa shape index (κ3) is 2.20. The lowest BCUT2D eigenvalue weighted by Crippen LogP contribution is -2.34. The summed E-state index contributed by atoms with van der Waals surface area (Å²) in [6.45, 7) is 2.12. The topological polar surface area (TPSA) is 46.8 Å². The van der Waals surface area contributed by atoms with E-state index in [1.807, 2.05) is 30.2 Å². The number of nitrogens with zero attached hydrogens (tertiary/aromatic N) is 5. The first-order valence-corrected chi connectivity index (χ1v) is 6.32. The van der Waals surface area contributed by atoms with Crippen molar-refractivity contribution in [2.24, 2.45) is 7.05 Å². The van der Waals surface area contributed by atoms with Crippen molar-refractivity contribution < 1.29 is 0 Å². The zero-order valence-electron chi connectivity index (χ0n) is 10.5. The minimum atomic E-state index is 0.502. The molecule has 1 fully saturated rings. The van der Waals surface area contributed by atoms with Crippen molar-refractivity contribution in [1.29, 1.82) is 0 Å². The quantitative estimate of drug-likeness (QED) is 0.803. The van der Waals surface area contributed by atoms with Gasteiger partial charge in [-0.3, -0.25) is 4.68 Å². The molecule has 0 N–H and O–H groups in total. The fourth-order valence-corrected chi connectivity index (χ4v) is 2.57. The Morgan fingerprint density at radius 2 is 2.33 bits per heavy atom. The van der Waals surface area contributed by atoms with Crippen LogP contribution in [0.4, 0.5) is 5.69 Å². The van der Waals surface area contributed by atoms with Gasteiger partial charge in [0.1, 0.15) is 6.33 Å². The van der Waals surface area contributed by atoms with Gasteiger partial charge in [-0.1, -0.05) is 0 Å². The van der Waals surface area contributed by atoms with Gasteiger partial charge in [0.15, 0.2) is 0 Å². The van der Waals surface area contributed by atoms with Crippen LogP contribution < -0.4 is 4.90 Å². The molecule has 0 bridgehead atoms. The van der Waals surface area contributed by atoms with Crippen molar-refractivity contribution in [2.45, 2.75) is 18.8 Å². The summed E-state index contributed by atoms with van der Waals surface area (Å²) >= 11 is 0. The standard InChI is InChI=1S/C13H17N5/c1-17-9-12(7-16-17)18-6-2-3-11(8-18)13-4-5-14-10-15-13/h4-5,7,9-11H,2-3,6,8H2,1H3/t11-/m0/s1. The number of aromatic nitrogens is 4. The van der Waals surface area contributed by atoms with Gasteiger partial charge in [0.2, 0.25) is 0 Å². The van der Waals surface area contributed by atoms with E-state index in [2.05, 4.69) is 26.2 Å². The summed E-state index contributed by atoms with van der Waals surface area (Å²) in [5.41, 5.74) is 2.36. The van der Waals surface area contributed by atoms with E-state index >= 15 is 0 Å². The lowest BCUT2D eigenvalue weighted by Gasteiger charge is -2.33. The normalized spacial score (nSPS) is 20.1. The predicted molar refractivity (Wildman–Crippen MR) is 69.4 cm³/mol. The van der Waals surface area contributed by atoms with Gasteiger partial charge in [-0.05, 0) is 18.9 Å². The van der Waals surface area contributed by atoms with E-state index in [9.17, 15) is 0 Å². The molecule has 3 rings (SSSR count). The summed E-state index contributed by atoms with van der Waals surface area (Å²) in [6.07, 6.45) is 9.87. The van der Waals surface area contributed by atoms with Crippen LogP contribution in [0.5, 0.6) is 0 Å². The average Bonchev–Trinajstić information content (AvgIpc) is 2.87. The van der Waals surface area contributed by atoms with Crippen LogP contribution in [-0.2, 0) is 7.05 Å². The van der Waals surface area contributed by atoms with Crippen molar-refractivity contribution in [3.8, 4) is 0 Å². The van der Waals surface area contributed by atoms with Gasteiger partial charge in [0, 0.05) is 44.1 Å². The number of rotatable bonds is 2. The smallest absolute Gasteiger partial charge is 0.115 e. The first-order valence-electron chi connectivity index (χ1n) is 6.32. The van der Waals surface area contributed by atoms with E-state index in [-0.39, 0.29) is 0 Å². The Hall–Kier alpha value is -1.91. The maximum atomic E-state index is 4.38. The Kier molecular flexibility index (Phi) is 2.96. The zero-order valence-corrected chi connectivity index (χ0v) is 10.5. The molecule has 1 saturated heterocycles. The van der Waals surface area contributed by atoms with E-state index < -0.39 is 0 Å². The van der Waals surface area contributed by atoms with Crippen molar-refractivity contribution in [1.82, 2.24) is 19.7 Å². The second kappa shape index (κ2) is 4.76. The van der Waals surface area contributed by atoms with E-state index in [1.54, 1.807) is 6.33 Å². The number of hydrogen-bond donors (Lipinski definition) is 0. The number of anilines is 1. The molecule has 0 radical (unpaired) electrons. The van der Waals surface area contributed by atoms with Crippen LogP contribution in [0.3, 0.4) is 0 Å². The van der Waals surface area contributed by atoms with Gasteiger partial charge in [-0.15, -0.1) is 0 Å². The Bertz CT molecular complexity index is 507. The Labute approximate surface area is 106 Å². The number of hydrogen-bond acceptors (Lipinski definition) is 4. The van der Waals surface area contributed by atoms with Crippen LogP contribution in [0.15, 0.2) is 31.0 Å². The summed E-state index contributed by atoms with van der Waals surface area (Å²) < 4.78 is 1.85. The van der Waals surface area contributed by atoms with Crippen LogP contribution in [0.1, 0.15) is 24.5 Å². The van der Waals surface area contributed by atoms with E-state index in [0.29, 0.717) is 5.92 Å². The van der Waals surface area contributed by atoms with E-state index in [4.69, 9.17) is 0 Å². The maximum absolute atomic E-state index is 4.38. The molecule has 1 aliphatic rings. The fraction of sp³-hybridized carbons (Fsp3) is 0.462. The molecule has 18 heavy (non-hydrogen) atoms. The molecular weight excluding hydrogens is 226 g/mol. The lowest BCUT2D eigenvalue weighted by molar-refractivity contribution is 0.501. The summed E-state index contributed by atoms with van der Waals surface area (Å²) in [5.74, 6) is 0.502. The third-order valence-corrected chi connectivity index (χ3v) is 3.50. The zero-order chi connectivity index (χ0) is 12.4. The molecule has 5 heteroatoms. The van der Waals surface area contributed by atoms with Gasteiger partial charge < -0.3 is 4.90 Å². The molecule has 0 spiro atoms. The molecule has 1 aliphatic heterocycles. The van der Waals surface area contributed by atoms with E-state index in [0.717, 1.165) is 18.8 Å². The maximum Gasteiger partial charge on any atom is 0.115 e. The molecule has 0 aromatic carbocycles. The number of piperidine rings is 1. The SMILES string of the molecule is Cn1cc(N2CCC[C@H](c3ccncn3)C2)cn1. The molecule has 94 valence electrons. The van der Waals surface area contributed by atoms with Crippen molar-refractivity contribution in [2.75, 3.05) is 18.0 Å². The van der Waals surface area contributed by atoms with E-state index in [1.165, 1.54) is 18.5 Å². The predicted octanol–water partition coefficient (Wildman–Crippen LogP) is 1.59. The monoisotopic (exact) mass is 243 g/mol. The summed E-state index contributed by atoms with van der Waals surface area (Å²) in [6, 6.07) is 2.03. The minimum absolute atomic E-state index is 0.502. The van der Waals surface area contributed by atoms with Crippen molar-refractivity contribution in [3.63, 3.8) is 0 Å². The van der Waals surface area contributed by atoms with Gasteiger partial charge in [0.05, 0.1) is 11.9 Å². The third-order valence-electron chi connectivity index (χ3n) is 3.50. The van der Waals surface area contributed by atoms with Gasteiger partial charge in [-0.25, -0.2) is 9.97 Å². The van der Waals surface area contributed by atoms with Crippen LogP contribution in [0.2, 0.25) is 0 Å². The molecule has 0 unspecified atom stereocenters. The highest BCUT2D eigenvalue weighted by molar-refractivity contribution is 5.43. The Morgan fingerprint density at radius 3 is 3.06 bits per heavy atom. The molecule has 0 amide bonds. The minimum Gasteiger partial charge on any atom is -0.368 e. The average molecular weight is 243 g/mol. The van der Waals surface area contributed by atoms with Crippen LogP contribution >= 0.6 is 0 Å². The second-order valence-electron chi connectivity index (χ2n) is 4.79. The van der Waals surface area contributed by atoms with Crippen LogP contribution in [0.25, 0.3) is 0 Å². The molecule has 1 atom stereocenters. The lowest BCUT2D eigenvalue weighted by atomic mass is 9.94. The second-order valence-corrected chi connectivity index (χ2v) is 4.79. The number of aryl methyl sites for hydroxylation is 1. The largest absolute Gasteiger partial charge is 0.368 e. The molecule has 0 aliphatic carbocycles. The molecule has 2 aromatic heterocycles. The molecule has 3 heterocycles. The Morgan fingerprint density at radius 1 is 1.39 bits per heavy atom. The fourth-order valence-electron chi connectivity index (χ4n) is 2.57. The highest BCUT2D eigenvalue weighted by Gasteiger charge is 2.22. The summed E-state index contributed by atoms with van der Waals surface area (Å²) in [4.78, 5) is 10.8. The van der Waals surface area contributed by atoms with Crippen molar-refractivity contribution in [3.05, 3.63) is 36.7 Å². The molecule has 2 aromatic rings. The van der Waals surface area contributed by atoms with Crippen LogP contribution in [-0.4, -0.2) is 32.8 Å². The highest BCUT2D eigenvalue weighted by Crippen LogP contribution is 2.28. The first kappa shape index (κ1) is 11.2. The van der Waals surface area contributed by atoms with Crippen molar-refractivity contribution >= 4 is 5.69 Å². The van der Waals surface area contributed by atoms with Crippen LogP contribution in [0, 0.1) is 0 Å². The molecule has 0 saturated carbocycles. The summed E-state index contributed by atoms with van der Waals surface area (Å²) in [7, 11) is 1.95. The van der Waals surface area contributed by atoms with Gasteiger partial charge >= 0.3 is 0 Å². The van der Waals surface area contributed by atoms with Gasteiger partial charge in [-0.2, -0.15) is 5.10 Å². The first-order chi connectivity index (χ1) is 8.83. The molecular formula is C13H17N5. The Balaban J connectivity index is 1.76. The van der Waals surface area contributed by atoms with Gasteiger partial charge in [0.25, 0.3) is 0 Å². The summed E-state index contributed by atoms with van der Waals surface area (Å²) in [5, 5.41) is 4.24. The molecule has 5 nitrogen and oxygen atoms in total.